The number of nitrogens with zero attached hydrogens (tertiary/aromatic N) is 1. The molecule has 1 heterocycles. The molecular weight excluding hydrogens is 229 g/mol. The molecule has 1 fully saturated rings. The third-order valence-electron chi connectivity index (χ3n) is 2.70. The molecule has 1 saturated heterocycles. The third kappa shape index (κ3) is 4.87. The van der Waals surface area contributed by atoms with Crippen molar-refractivity contribution < 1.29 is 0 Å². The minimum absolute atomic E-state index is 0. The number of benzene rings is 1. The summed E-state index contributed by atoms with van der Waals surface area (Å²) >= 11 is 0. The van der Waals surface area contributed by atoms with Crippen LogP contribution in [0.5, 0.6) is 0 Å². The fraction of sp³-hybridized carbons (Fsp3) is 0.500. The van der Waals surface area contributed by atoms with E-state index >= 15 is 0 Å². The Labute approximate surface area is 105 Å². The Morgan fingerprint density at radius 2 is 1.47 bits per heavy atom. The van der Waals surface area contributed by atoms with Crippen LogP contribution in [0.4, 0.5) is 0 Å². The average molecular weight is 248 g/mol. The first kappa shape index (κ1) is 14.8. The van der Waals surface area contributed by atoms with Crippen molar-refractivity contribution >= 4 is 24.8 Å². The Bertz CT molecular complexity index is 245. The summed E-state index contributed by atoms with van der Waals surface area (Å²) in [5, 5.41) is 0. The van der Waals surface area contributed by atoms with Gasteiger partial charge in [-0.2, -0.15) is 0 Å². The zero-order chi connectivity index (χ0) is 8.93. The van der Waals surface area contributed by atoms with Crippen LogP contribution in [0.2, 0.25) is 0 Å². The highest BCUT2D eigenvalue weighted by Crippen LogP contribution is 2.12. The Kier molecular flexibility index (Phi) is 7.85. The van der Waals surface area contributed by atoms with Crippen LogP contribution >= 0.6 is 24.8 Å². The molecule has 0 unspecified atom stereocenters. The van der Waals surface area contributed by atoms with Gasteiger partial charge in [0.15, 0.2) is 0 Å². The largest absolute Gasteiger partial charge is 0.299 e. The molecule has 15 heavy (non-hydrogen) atoms. The van der Waals surface area contributed by atoms with Crippen molar-refractivity contribution in [3.8, 4) is 0 Å². The Balaban J connectivity index is 0.000000980. The van der Waals surface area contributed by atoms with Gasteiger partial charge in [0.05, 0.1) is 0 Å². The van der Waals surface area contributed by atoms with Gasteiger partial charge < -0.3 is 0 Å². The summed E-state index contributed by atoms with van der Waals surface area (Å²) in [7, 11) is 0. The minimum atomic E-state index is 0. The van der Waals surface area contributed by atoms with E-state index in [1.807, 2.05) is 0 Å². The van der Waals surface area contributed by atoms with Crippen molar-refractivity contribution in [2.45, 2.75) is 25.8 Å². The van der Waals surface area contributed by atoms with Crippen LogP contribution in [-0.2, 0) is 6.54 Å². The molecular formula is C12H19Cl2N. The Morgan fingerprint density at radius 1 is 0.867 bits per heavy atom. The number of halogens is 2. The van der Waals surface area contributed by atoms with E-state index in [0.29, 0.717) is 0 Å². The zero-order valence-corrected chi connectivity index (χ0v) is 10.5. The van der Waals surface area contributed by atoms with Crippen LogP contribution in [0.1, 0.15) is 24.8 Å². The molecule has 0 spiro atoms. The second kappa shape index (κ2) is 7.98. The van der Waals surface area contributed by atoms with Crippen molar-refractivity contribution in [1.82, 2.24) is 4.90 Å². The quantitative estimate of drug-likeness (QED) is 0.774. The van der Waals surface area contributed by atoms with Crippen molar-refractivity contribution in [3.05, 3.63) is 35.9 Å². The number of likely N-dealkylation sites (tertiary alicyclic amines) is 1. The first-order valence-corrected chi connectivity index (χ1v) is 5.21. The van der Waals surface area contributed by atoms with E-state index in [1.165, 1.54) is 37.9 Å². The molecule has 0 bridgehead atoms. The lowest BCUT2D eigenvalue weighted by Crippen LogP contribution is -2.28. The number of hydrogen-bond acceptors (Lipinski definition) is 1. The van der Waals surface area contributed by atoms with E-state index < -0.39 is 0 Å². The van der Waals surface area contributed by atoms with Crippen molar-refractivity contribution in [3.63, 3.8) is 0 Å². The van der Waals surface area contributed by atoms with Crippen LogP contribution in [0.15, 0.2) is 30.3 Å². The van der Waals surface area contributed by atoms with Gasteiger partial charge in [-0.15, -0.1) is 24.8 Å². The molecule has 1 aliphatic heterocycles. The van der Waals surface area contributed by atoms with Gasteiger partial charge in [-0.05, 0) is 31.5 Å². The SMILES string of the molecule is Cl.Cl.c1ccc(CN2CCCCC2)cc1. The summed E-state index contributed by atoms with van der Waals surface area (Å²) in [6.45, 7) is 3.71. The molecule has 1 aromatic rings. The maximum absolute atomic E-state index is 2.55. The van der Waals surface area contributed by atoms with Crippen LogP contribution in [0, 0.1) is 0 Å². The monoisotopic (exact) mass is 247 g/mol. The summed E-state index contributed by atoms with van der Waals surface area (Å²) in [4.78, 5) is 2.55. The summed E-state index contributed by atoms with van der Waals surface area (Å²) < 4.78 is 0. The summed E-state index contributed by atoms with van der Waals surface area (Å²) in [6.07, 6.45) is 4.19. The maximum Gasteiger partial charge on any atom is 0.0233 e. The Hall–Kier alpha value is -0.240. The second-order valence-electron chi connectivity index (χ2n) is 3.82. The lowest BCUT2D eigenvalue weighted by atomic mass is 10.1. The number of rotatable bonds is 2. The minimum Gasteiger partial charge on any atom is -0.299 e. The predicted octanol–water partition coefficient (Wildman–Crippen LogP) is 3.52. The van der Waals surface area contributed by atoms with E-state index in [2.05, 4.69) is 35.2 Å². The normalized spacial score (nSPS) is 16.3. The molecule has 1 nitrogen and oxygen atoms in total. The van der Waals surface area contributed by atoms with E-state index in [-0.39, 0.29) is 24.8 Å². The molecule has 1 aromatic carbocycles. The second-order valence-corrected chi connectivity index (χ2v) is 3.82. The van der Waals surface area contributed by atoms with Gasteiger partial charge in [0.2, 0.25) is 0 Å². The molecule has 86 valence electrons. The molecule has 2 rings (SSSR count). The highest BCUT2D eigenvalue weighted by molar-refractivity contribution is 5.85. The standard InChI is InChI=1S/C12H17N.2ClH/c1-3-7-12(8-4-1)11-13-9-5-2-6-10-13;;/h1,3-4,7-8H,2,5-6,9-11H2;2*1H. The molecule has 0 aromatic heterocycles. The van der Waals surface area contributed by atoms with Gasteiger partial charge >= 0.3 is 0 Å². The summed E-state index contributed by atoms with van der Waals surface area (Å²) in [6, 6.07) is 10.8. The molecule has 3 heteroatoms. The van der Waals surface area contributed by atoms with Gasteiger partial charge in [0.1, 0.15) is 0 Å². The molecule has 0 saturated carbocycles. The number of piperidine rings is 1. The summed E-state index contributed by atoms with van der Waals surface area (Å²) in [5.74, 6) is 0. The van der Waals surface area contributed by atoms with Crippen LogP contribution in [0.3, 0.4) is 0 Å². The lowest BCUT2D eigenvalue weighted by Gasteiger charge is -2.26. The molecule has 0 radical (unpaired) electrons. The van der Waals surface area contributed by atoms with E-state index in [0.717, 1.165) is 6.54 Å². The topological polar surface area (TPSA) is 3.24 Å². The van der Waals surface area contributed by atoms with Crippen LogP contribution in [0.25, 0.3) is 0 Å². The van der Waals surface area contributed by atoms with Crippen LogP contribution < -0.4 is 0 Å². The first-order chi connectivity index (χ1) is 6.45. The Morgan fingerprint density at radius 3 is 2.07 bits per heavy atom. The van der Waals surface area contributed by atoms with Gasteiger partial charge in [0, 0.05) is 6.54 Å². The molecule has 0 amide bonds. The van der Waals surface area contributed by atoms with E-state index in [1.54, 1.807) is 0 Å². The lowest BCUT2D eigenvalue weighted by molar-refractivity contribution is 0.221. The molecule has 0 atom stereocenters. The van der Waals surface area contributed by atoms with Crippen molar-refractivity contribution in [2.24, 2.45) is 0 Å². The fourth-order valence-corrected chi connectivity index (χ4v) is 1.96. The van der Waals surface area contributed by atoms with E-state index in [4.69, 9.17) is 0 Å². The third-order valence-corrected chi connectivity index (χ3v) is 2.70. The van der Waals surface area contributed by atoms with E-state index in [9.17, 15) is 0 Å². The predicted molar refractivity (Wildman–Crippen MR) is 70.1 cm³/mol. The highest BCUT2D eigenvalue weighted by Gasteiger charge is 2.09. The maximum atomic E-state index is 2.55. The molecule has 1 aliphatic rings. The van der Waals surface area contributed by atoms with Gasteiger partial charge in [-0.25, -0.2) is 0 Å². The molecule has 0 aliphatic carbocycles. The zero-order valence-electron chi connectivity index (χ0n) is 8.89. The van der Waals surface area contributed by atoms with Crippen LogP contribution in [-0.4, -0.2) is 18.0 Å². The van der Waals surface area contributed by atoms with Gasteiger partial charge in [-0.3, -0.25) is 4.90 Å². The molecule has 0 N–H and O–H groups in total. The van der Waals surface area contributed by atoms with Gasteiger partial charge in [-0.1, -0.05) is 36.8 Å². The average Bonchev–Trinajstić information content (AvgIpc) is 2.21. The van der Waals surface area contributed by atoms with Crippen molar-refractivity contribution in [1.29, 1.82) is 0 Å². The smallest absolute Gasteiger partial charge is 0.0233 e. The fourth-order valence-electron chi connectivity index (χ4n) is 1.96. The number of hydrogen-bond donors (Lipinski definition) is 0. The summed E-state index contributed by atoms with van der Waals surface area (Å²) in [5.41, 5.74) is 1.45. The van der Waals surface area contributed by atoms with Gasteiger partial charge in [0.25, 0.3) is 0 Å². The van der Waals surface area contributed by atoms with Crippen molar-refractivity contribution in [2.75, 3.05) is 13.1 Å². The highest BCUT2D eigenvalue weighted by atomic mass is 35.5. The first-order valence-electron chi connectivity index (χ1n) is 5.21.